The standard InChI is InChI=1S/C9H10ClO/c1-2-11-7-8-5-3-4-6-9(8)10/h2-6H,7H2,1H3. The smallest absolute Gasteiger partial charge is 0.0810 e. The second-order valence-corrected chi connectivity index (χ2v) is 2.55. The lowest BCUT2D eigenvalue weighted by Gasteiger charge is -2.01. The topological polar surface area (TPSA) is 9.23 Å². The fourth-order valence-corrected chi connectivity index (χ4v) is 0.979. The zero-order valence-electron chi connectivity index (χ0n) is 6.38. The molecule has 1 radical (unpaired) electrons. The third-order valence-corrected chi connectivity index (χ3v) is 1.73. The molecular formula is C9H10ClO. The highest BCUT2D eigenvalue weighted by atomic mass is 35.5. The molecule has 0 fully saturated rings. The molecule has 0 aliphatic rings. The quantitative estimate of drug-likeness (QED) is 0.676. The minimum absolute atomic E-state index is 0.552. The largest absolute Gasteiger partial charge is 0.371 e. The van der Waals surface area contributed by atoms with Crippen LogP contribution >= 0.6 is 11.6 Å². The lowest BCUT2D eigenvalue weighted by molar-refractivity contribution is 0.191. The fourth-order valence-electron chi connectivity index (χ4n) is 0.789. The predicted octanol–water partition coefficient (Wildman–Crippen LogP) is 3.04. The van der Waals surface area contributed by atoms with Crippen LogP contribution in [0.4, 0.5) is 0 Å². The summed E-state index contributed by atoms with van der Waals surface area (Å²) < 4.78 is 5.09. The zero-order chi connectivity index (χ0) is 8.10. The Morgan fingerprint density at radius 1 is 1.45 bits per heavy atom. The third kappa shape index (κ3) is 2.52. The van der Waals surface area contributed by atoms with E-state index in [-0.39, 0.29) is 0 Å². The molecule has 1 aromatic rings. The molecule has 0 unspecified atom stereocenters. The number of rotatable bonds is 3. The Kier molecular flexibility index (Phi) is 3.40. The van der Waals surface area contributed by atoms with E-state index in [1.54, 1.807) is 6.61 Å². The third-order valence-electron chi connectivity index (χ3n) is 1.36. The maximum Gasteiger partial charge on any atom is 0.0810 e. The predicted molar refractivity (Wildman–Crippen MR) is 46.2 cm³/mol. The van der Waals surface area contributed by atoms with E-state index in [4.69, 9.17) is 16.3 Å². The van der Waals surface area contributed by atoms with Crippen LogP contribution in [0.3, 0.4) is 0 Å². The van der Waals surface area contributed by atoms with Gasteiger partial charge in [-0.1, -0.05) is 29.8 Å². The van der Waals surface area contributed by atoms with Crippen molar-refractivity contribution in [2.24, 2.45) is 0 Å². The Bertz CT molecular complexity index is 223. The van der Waals surface area contributed by atoms with Crippen LogP contribution in [0.2, 0.25) is 5.02 Å². The molecule has 0 atom stereocenters. The molecule has 0 bridgehead atoms. The van der Waals surface area contributed by atoms with Crippen LogP contribution in [0.25, 0.3) is 0 Å². The van der Waals surface area contributed by atoms with Crippen LogP contribution in [-0.2, 0) is 11.3 Å². The molecule has 11 heavy (non-hydrogen) atoms. The van der Waals surface area contributed by atoms with Gasteiger partial charge in [0.15, 0.2) is 0 Å². The molecule has 0 N–H and O–H groups in total. The average Bonchev–Trinajstić information content (AvgIpc) is 2.03. The van der Waals surface area contributed by atoms with E-state index in [1.165, 1.54) is 0 Å². The van der Waals surface area contributed by atoms with E-state index in [1.807, 2.05) is 31.2 Å². The first-order valence-corrected chi connectivity index (χ1v) is 3.85. The van der Waals surface area contributed by atoms with E-state index < -0.39 is 0 Å². The van der Waals surface area contributed by atoms with E-state index in [0.29, 0.717) is 6.61 Å². The Hall–Kier alpha value is -0.530. The number of hydrogen-bond acceptors (Lipinski definition) is 1. The van der Waals surface area contributed by atoms with Crippen molar-refractivity contribution in [1.29, 1.82) is 0 Å². The molecule has 0 heterocycles. The normalized spacial score (nSPS) is 10.0. The van der Waals surface area contributed by atoms with Gasteiger partial charge in [-0.3, -0.25) is 0 Å². The molecule has 0 saturated carbocycles. The first-order valence-electron chi connectivity index (χ1n) is 3.47. The van der Waals surface area contributed by atoms with Gasteiger partial charge in [-0.25, -0.2) is 0 Å². The van der Waals surface area contributed by atoms with Gasteiger partial charge in [0.05, 0.1) is 13.2 Å². The van der Waals surface area contributed by atoms with Crippen LogP contribution in [0, 0.1) is 6.61 Å². The van der Waals surface area contributed by atoms with E-state index in [2.05, 4.69) is 0 Å². The van der Waals surface area contributed by atoms with Gasteiger partial charge in [0.2, 0.25) is 0 Å². The van der Waals surface area contributed by atoms with Crippen molar-refractivity contribution < 1.29 is 4.74 Å². The monoisotopic (exact) mass is 169 g/mol. The van der Waals surface area contributed by atoms with Crippen molar-refractivity contribution in [1.82, 2.24) is 0 Å². The summed E-state index contributed by atoms with van der Waals surface area (Å²) in [6.07, 6.45) is 0. The summed E-state index contributed by atoms with van der Waals surface area (Å²) in [5, 5.41) is 0.759. The molecule has 2 heteroatoms. The van der Waals surface area contributed by atoms with E-state index in [9.17, 15) is 0 Å². The van der Waals surface area contributed by atoms with Crippen LogP contribution in [0.5, 0.6) is 0 Å². The van der Waals surface area contributed by atoms with Crippen molar-refractivity contribution in [2.75, 3.05) is 0 Å². The number of halogens is 1. The van der Waals surface area contributed by atoms with Gasteiger partial charge in [0.1, 0.15) is 0 Å². The van der Waals surface area contributed by atoms with E-state index in [0.717, 1.165) is 10.6 Å². The number of ether oxygens (including phenoxy) is 1. The van der Waals surface area contributed by atoms with Crippen molar-refractivity contribution in [2.45, 2.75) is 13.5 Å². The second-order valence-electron chi connectivity index (χ2n) is 2.14. The van der Waals surface area contributed by atoms with Gasteiger partial charge in [-0.15, -0.1) is 0 Å². The van der Waals surface area contributed by atoms with Crippen LogP contribution in [0.15, 0.2) is 24.3 Å². The molecule has 0 aliphatic heterocycles. The van der Waals surface area contributed by atoms with Crippen molar-refractivity contribution in [3.05, 3.63) is 41.5 Å². The number of benzene rings is 1. The van der Waals surface area contributed by atoms with Gasteiger partial charge in [0.25, 0.3) is 0 Å². The Balaban J connectivity index is 2.62. The first-order chi connectivity index (χ1) is 5.34. The van der Waals surface area contributed by atoms with Gasteiger partial charge in [-0.05, 0) is 18.6 Å². The summed E-state index contributed by atoms with van der Waals surface area (Å²) in [5.41, 5.74) is 1.02. The van der Waals surface area contributed by atoms with Gasteiger partial charge in [-0.2, -0.15) is 0 Å². The number of hydrogen-bond donors (Lipinski definition) is 0. The van der Waals surface area contributed by atoms with Crippen molar-refractivity contribution in [3.8, 4) is 0 Å². The van der Waals surface area contributed by atoms with Gasteiger partial charge < -0.3 is 4.74 Å². The zero-order valence-corrected chi connectivity index (χ0v) is 7.14. The van der Waals surface area contributed by atoms with Crippen LogP contribution in [0.1, 0.15) is 12.5 Å². The molecule has 0 saturated heterocycles. The maximum atomic E-state index is 5.87. The fraction of sp³-hybridized carbons (Fsp3) is 0.222. The summed E-state index contributed by atoms with van der Waals surface area (Å²) in [6, 6.07) is 7.66. The molecule has 0 aromatic heterocycles. The summed E-state index contributed by atoms with van der Waals surface area (Å²) in [7, 11) is 0. The van der Waals surface area contributed by atoms with E-state index >= 15 is 0 Å². The minimum Gasteiger partial charge on any atom is -0.371 e. The van der Waals surface area contributed by atoms with Gasteiger partial charge >= 0.3 is 0 Å². The summed E-state index contributed by atoms with van der Waals surface area (Å²) >= 11 is 5.87. The van der Waals surface area contributed by atoms with Crippen LogP contribution < -0.4 is 0 Å². The van der Waals surface area contributed by atoms with Crippen molar-refractivity contribution >= 4 is 11.6 Å². The molecule has 0 spiro atoms. The SMILES string of the molecule is C[CH]OCc1ccccc1Cl. The molecule has 0 amide bonds. The summed E-state index contributed by atoms with van der Waals surface area (Å²) in [4.78, 5) is 0. The highest BCUT2D eigenvalue weighted by Crippen LogP contribution is 2.15. The van der Waals surface area contributed by atoms with Crippen molar-refractivity contribution in [3.63, 3.8) is 0 Å². The minimum atomic E-state index is 0.552. The first kappa shape index (κ1) is 8.57. The molecule has 1 nitrogen and oxygen atoms in total. The maximum absolute atomic E-state index is 5.87. The van der Waals surface area contributed by atoms with Gasteiger partial charge in [0, 0.05) is 5.02 Å². The molecule has 1 rings (SSSR count). The lowest BCUT2D eigenvalue weighted by Crippen LogP contribution is -1.88. The average molecular weight is 170 g/mol. The Morgan fingerprint density at radius 3 is 2.82 bits per heavy atom. The summed E-state index contributed by atoms with van der Waals surface area (Å²) in [5.74, 6) is 0. The summed E-state index contributed by atoms with van der Waals surface area (Å²) in [6.45, 7) is 4.05. The lowest BCUT2D eigenvalue weighted by atomic mass is 10.2. The Labute approximate surface area is 71.9 Å². The second kappa shape index (κ2) is 4.37. The highest BCUT2D eigenvalue weighted by molar-refractivity contribution is 6.31. The highest BCUT2D eigenvalue weighted by Gasteiger charge is 1.96. The molecule has 1 aromatic carbocycles. The molecular weight excluding hydrogens is 160 g/mol. The van der Waals surface area contributed by atoms with Crippen LogP contribution in [-0.4, -0.2) is 0 Å². The molecule has 0 aliphatic carbocycles. The Morgan fingerprint density at radius 2 is 2.18 bits per heavy atom. The molecule has 59 valence electrons.